The molecular weight excluding hydrogens is 519 g/mol. The summed E-state index contributed by atoms with van der Waals surface area (Å²) in [6.07, 6.45) is 2.47. The number of hydrogen-bond donors (Lipinski definition) is 2. The van der Waals surface area contributed by atoms with Crippen LogP contribution in [0.2, 0.25) is 0 Å². The molecule has 0 aromatic heterocycles. The van der Waals surface area contributed by atoms with E-state index in [2.05, 4.69) is 57.5 Å². The third kappa shape index (κ3) is 8.08. The molecule has 2 heterocycles. The van der Waals surface area contributed by atoms with Gasteiger partial charge >= 0.3 is 6.09 Å². The Morgan fingerprint density at radius 1 is 1.19 bits per heavy atom. The molecule has 2 fully saturated rings. The van der Waals surface area contributed by atoms with Crippen LogP contribution in [0.4, 0.5) is 4.79 Å². The third-order valence-electron chi connectivity index (χ3n) is 6.14. The fourth-order valence-electron chi connectivity index (χ4n) is 4.37. The van der Waals surface area contributed by atoms with Gasteiger partial charge in [-0.25, -0.2) is 4.79 Å². The fourth-order valence-corrected chi connectivity index (χ4v) is 4.37. The summed E-state index contributed by atoms with van der Waals surface area (Å²) in [7, 11) is 2.20. The molecule has 180 valence electrons. The van der Waals surface area contributed by atoms with Crippen molar-refractivity contribution in [1.29, 1.82) is 0 Å². The highest BCUT2D eigenvalue weighted by Gasteiger charge is 2.26. The Kier molecular flexibility index (Phi) is 11.5. The zero-order chi connectivity index (χ0) is 22.1. The predicted octanol–water partition coefficient (Wildman–Crippen LogP) is 2.51. The Bertz CT molecular complexity index is 712. The van der Waals surface area contributed by atoms with E-state index < -0.39 is 0 Å². The number of piperidine rings is 1. The largest absolute Gasteiger partial charge is 0.450 e. The van der Waals surface area contributed by atoms with Crippen LogP contribution in [-0.4, -0.2) is 92.3 Å². The molecule has 1 atom stereocenters. The second-order valence-corrected chi connectivity index (χ2v) is 8.45. The molecule has 0 spiro atoms. The Balaban J connectivity index is 0.00000363. The lowest BCUT2D eigenvalue weighted by Crippen LogP contribution is -2.48. The average molecular weight is 559 g/mol. The Labute approximate surface area is 209 Å². The Morgan fingerprint density at radius 2 is 1.91 bits per heavy atom. The van der Waals surface area contributed by atoms with Crippen molar-refractivity contribution < 1.29 is 9.53 Å². The highest BCUT2D eigenvalue weighted by atomic mass is 127. The van der Waals surface area contributed by atoms with Gasteiger partial charge in [0.1, 0.15) is 0 Å². The van der Waals surface area contributed by atoms with Gasteiger partial charge in [0.2, 0.25) is 0 Å². The zero-order valence-corrected chi connectivity index (χ0v) is 21.7. The summed E-state index contributed by atoms with van der Waals surface area (Å²) in [5.41, 5.74) is 7.50. The Hall–Kier alpha value is -1.59. The number of likely N-dealkylation sites (N-methyl/N-ethyl adjacent to an activating group) is 1. The summed E-state index contributed by atoms with van der Waals surface area (Å²) in [4.78, 5) is 23.1. The maximum absolute atomic E-state index is 11.8. The maximum atomic E-state index is 11.8. The molecule has 0 radical (unpaired) electrons. The molecule has 1 amide bonds. The number of piperazine rings is 1. The molecule has 0 bridgehead atoms. The summed E-state index contributed by atoms with van der Waals surface area (Å²) < 4.78 is 5.07. The number of nitrogens with zero attached hydrogens (tertiary/aromatic N) is 4. The van der Waals surface area contributed by atoms with E-state index in [1.807, 2.05) is 6.92 Å². The summed E-state index contributed by atoms with van der Waals surface area (Å²) in [6, 6.07) is 11.5. The van der Waals surface area contributed by atoms with Gasteiger partial charge in [-0.15, -0.1) is 24.0 Å². The lowest BCUT2D eigenvalue weighted by atomic mass is 10.0. The third-order valence-corrected chi connectivity index (χ3v) is 6.14. The second kappa shape index (κ2) is 13.8. The number of carbonyl (C=O) groups excluding carboxylic acids is 1. The van der Waals surface area contributed by atoms with Gasteiger partial charge in [-0.1, -0.05) is 30.3 Å². The van der Waals surface area contributed by atoms with Crippen LogP contribution in [0.15, 0.2) is 35.3 Å². The van der Waals surface area contributed by atoms with Crippen LogP contribution in [0.3, 0.4) is 0 Å². The normalized spacial score (nSPS) is 21.1. The van der Waals surface area contributed by atoms with Crippen LogP contribution in [-0.2, 0) is 4.74 Å². The molecule has 2 aliphatic heterocycles. The van der Waals surface area contributed by atoms with E-state index >= 15 is 0 Å². The van der Waals surface area contributed by atoms with Crippen molar-refractivity contribution in [3.63, 3.8) is 0 Å². The van der Waals surface area contributed by atoms with E-state index in [4.69, 9.17) is 10.5 Å². The first-order valence-corrected chi connectivity index (χ1v) is 11.5. The SMILES string of the molecule is CCOC(=O)N1CCC(NC(N)=NCCCN2CCN(C)CC2c2ccccc2)CC1.I. The number of rotatable bonds is 7. The molecule has 2 saturated heterocycles. The van der Waals surface area contributed by atoms with Gasteiger partial charge in [0.05, 0.1) is 6.61 Å². The number of benzene rings is 1. The highest BCUT2D eigenvalue weighted by molar-refractivity contribution is 14.0. The highest BCUT2D eigenvalue weighted by Crippen LogP contribution is 2.24. The summed E-state index contributed by atoms with van der Waals surface area (Å²) in [5.74, 6) is 0.507. The number of hydrogen-bond acceptors (Lipinski definition) is 5. The van der Waals surface area contributed by atoms with Gasteiger partial charge in [0.15, 0.2) is 5.96 Å². The van der Waals surface area contributed by atoms with Crippen LogP contribution in [0.5, 0.6) is 0 Å². The van der Waals surface area contributed by atoms with Gasteiger partial charge in [0, 0.05) is 57.9 Å². The van der Waals surface area contributed by atoms with E-state index in [0.29, 0.717) is 38.2 Å². The summed E-state index contributed by atoms with van der Waals surface area (Å²) >= 11 is 0. The number of carbonyl (C=O) groups is 1. The number of halogens is 1. The molecule has 3 N–H and O–H groups in total. The van der Waals surface area contributed by atoms with Crippen molar-refractivity contribution in [2.75, 3.05) is 59.5 Å². The summed E-state index contributed by atoms with van der Waals surface area (Å²) in [5, 5.41) is 3.32. The lowest BCUT2D eigenvalue weighted by molar-refractivity contribution is 0.0894. The van der Waals surface area contributed by atoms with Crippen molar-refractivity contribution in [1.82, 2.24) is 20.0 Å². The maximum Gasteiger partial charge on any atom is 0.409 e. The quantitative estimate of drug-likeness (QED) is 0.232. The van der Waals surface area contributed by atoms with Crippen molar-refractivity contribution in [3.8, 4) is 0 Å². The lowest BCUT2D eigenvalue weighted by Gasteiger charge is -2.40. The van der Waals surface area contributed by atoms with Gasteiger partial charge in [-0.2, -0.15) is 0 Å². The minimum Gasteiger partial charge on any atom is -0.450 e. The monoisotopic (exact) mass is 558 g/mol. The van der Waals surface area contributed by atoms with Gasteiger partial charge < -0.3 is 25.6 Å². The number of nitrogens with two attached hydrogens (primary N) is 1. The van der Waals surface area contributed by atoms with Gasteiger partial charge in [-0.3, -0.25) is 9.89 Å². The van der Waals surface area contributed by atoms with Crippen LogP contribution >= 0.6 is 24.0 Å². The molecule has 0 saturated carbocycles. The molecule has 8 nitrogen and oxygen atoms in total. The molecule has 0 aliphatic carbocycles. The molecule has 2 aliphatic rings. The molecule has 1 aromatic rings. The zero-order valence-electron chi connectivity index (χ0n) is 19.4. The first-order chi connectivity index (χ1) is 15.1. The van der Waals surface area contributed by atoms with Crippen molar-refractivity contribution in [2.45, 2.75) is 38.3 Å². The number of nitrogens with one attached hydrogen (secondary N) is 1. The molecule has 1 aromatic carbocycles. The number of guanidine groups is 1. The van der Waals surface area contributed by atoms with E-state index in [-0.39, 0.29) is 36.1 Å². The van der Waals surface area contributed by atoms with Crippen LogP contribution in [0.25, 0.3) is 0 Å². The average Bonchev–Trinajstić information content (AvgIpc) is 2.78. The number of amides is 1. The standard InChI is InChI=1S/C23H38N6O2.HI/c1-3-31-23(30)29-14-10-20(11-15-29)26-22(24)25-12-7-13-28-17-16-27(2)18-21(28)19-8-5-4-6-9-19;/h4-6,8-9,20-21H,3,7,10-18H2,1-2H3,(H3,24,25,26);1H. The smallest absolute Gasteiger partial charge is 0.409 e. The van der Waals surface area contributed by atoms with Crippen LogP contribution in [0, 0.1) is 0 Å². The summed E-state index contributed by atoms with van der Waals surface area (Å²) in [6.45, 7) is 8.58. The van der Waals surface area contributed by atoms with E-state index in [0.717, 1.165) is 45.4 Å². The van der Waals surface area contributed by atoms with Crippen molar-refractivity contribution >= 4 is 36.0 Å². The topological polar surface area (TPSA) is 86.4 Å². The fraction of sp³-hybridized carbons (Fsp3) is 0.652. The number of aliphatic imine (C=N–C) groups is 1. The van der Waals surface area contributed by atoms with Crippen LogP contribution < -0.4 is 11.1 Å². The van der Waals surface area contributed by atoms with Crippen LogP contribution in [0.1, 0.15) is 37.8 Å². The minimum atomic E-state index is -0.222. The molecule has 9 heteroatoms. The molecule has 32 heavy (non-hydrogen) atoms. The first kappa shape index (κ1) is 26.7. The Morgan fingerprint density at radius 3 is 2.59 bits per heavy atom. The predicted molar refractivity (Wildman–Crippen MR) is 140 cm³/mol. The molecule has 3 rings (SSSR count). The molecular formula is C23H39IN6O2. The van der Waals surface area contributed by atoms with E-state index in [9.17, 15) is 4.79 Å². The number of ether oxygens (including phenoxy) is 1. The second-order valence-electron chi connectivity index (χ2n) is 8.45. The van der Waals surface area contributed by atoms with Gasteiger partial charge in [-0.05, 0) is 38.8 Å². The minimum absolute atomic E-state index is 0. The molecule has 1 unspecified atom stereocenters. The first-order valence-electron chi connectivity index (χ1n) is 11.5. The van der Waals surface area contributed by atoms with E-state index in [1.54, 1.807) is 4.90 Å². The van der Waals surface area contributed by atoms with Crippen molar-refractivity contribution in [3.05, 3.63) is 35.9 Å². The van der Waals surface area contributed by atoms with Gasteiger partial charge in [0.25, 0.3) is 0 Å². The van der Waals surface area contributed by atoms with Crippen molar-refractivity contribution in [2.24, 2.45) is 10.7 Å². The number of likely N-dealkylation sites (tertiary alicyclic amines) is 1. The van der Waals surface area contributed by atoms with E-state index in [1.165, 1.54) is 5.56 Å².